The molecule has 2 aromatic carbocycles. The van der Waals surface area contributed by atoms with Crippen LogP contribution in [0.25, 0.3) is 0 Å². The number of nitrogens with zero attached hydrogens (tertiary/aromatic N) is 1. The number of alkyl halides is 3. The smallest absolute Gasteiger partial charge is 0.418 e. The van der Waals surface area contributed by atoms with Gasteiger partial charge in [-0.2, -0.15) is 13.2 Å². The minimum absolute atomic E-state index is 0.125. The van der Waals surface area contributed by atoms with Crippen LogP contribution in [0.4, 0.5) is 18.9 Å². The minimum atomic E-state index is -4.67. The number of carbonyl (C=O) groups is 4. The molecule has 2 aliphatic carbocycles. The summed E-state index contributed by atoms with van der Waals surface area (Å²) in [6.07, 6.45) is -4.38. The molecule has 7 atom stereocenters. The van der Waals surface area contributed by atoms with Crippen molar-refractivity contribution in [3.8, 4) is 5.75 Å². The van der Waals surface area contributed by atoms with E-state index in [0.29, 0.717) is 22.8 Å². The van der Waals surface area contributed by atoms with Gasteiger partial charge in [0.2, 0.25) is 11.8 Å². The maximum absolute atomic E-state index is 13.6. The first-order valence-electron chi connectivity index (χ1n) is 14.6. The zero-order valence-corrected chi connectivity index (χ0v) is 25.4. The van der Waals surface area contributed by atoms with Gasteiger partial charge in [0, 0.05) is 28.2 Å². The summed E-state index contributed by atoms with van der Waals surface area (Å²) in [5.74, 6) is -4.44. The molecule has 240 valence electrons. The van der Waals surface area contributed by atoms with E-state index in [1.165, 1.54) is 23.9 Å². The minimum Gasteiger partial charge on any atom is -0.483 e. The Labute approximate surface area is 267 Å². The molecule has 2 aliphatic heterocycles. The lowest BCUT2D eigenvalue weighted by Crippen LogP contribution is -2.42. The summed E-state index contributed by atoms with van der Waals surface area (Å²) in [7, 11) is 0. The SMILES string of the molecule is O=C(O)CCN1C(=O)C2C3CC(C2C1=O)C1C3Sc2[nH]c(=O)sc2[C@@H]1c1ccccc1OCC(=O)Nc1ccccc1C(F)(F)F. The molecular weight excluding hydrogens is 647 g/mol. The number of hydrogen-bond donors (Lipinski definition) is 3. The molecule has 10 nitrogen and oxygen atoms in total. The molecule has 2 bridgehead atoms. The van der Waals surface area contributed by atoms with Crippen LogP contribution in [0.15, 0.2) is 58.4 Å². The van der Waals surface area contributed by atoms with E-state index in [1.807, 2.05) is 6.07 Å². The van der Waals surface area contributed by atoms with E-state index in [2.05, 4.69) is 10.3 Å². The van der Waals surface area contributed by atoms with Crippen LogP contribution < -0.4 is 14.9 Å². The number of amides is 3. The summed E-state index contributed by atoms with van der Waals surface area (Å²) in [6, 6.07) is 11.6. The molecule has 0 radical (unpaired) electrons. The molecule has 15 heteroatoms. The molecule has 0 spiro atoms. The molecule has 6 unspecified atom stereocenters. The highest BCUT2D eigenvalue weighted by Crippen LogP contribution is 2.69. The Morgan fingerprint density at radius 1 is 1.02 bits per heavy atom. The number of ether oxygens (including phenoxy) is 1. The summed E-state index contributed by atoms with van der Waals surface area (Å²) >= 11 is 2.54. The predicted molar refractivity (Wildman–Crippen MR) is 159 cm³/mol. The number of nitrogens with one attached hydrogen (secondary N) is 2. The number of aliphatic carboxylic acids is 1. The number of thiazole rings is 1. The fourth-order valence-corrected chi connectivity index (χ4v) is 10.8. The van der Waals surface area contributed by atoms with Crippen molar-refractivity contribution in [1.82, 2.24) is 9.88 Å². The number of thioether (sulfide) groups is 1. The first-order chi connectivity index (χ1) is 21.9. The zero-order chi connectivity index (χ0) is 32.5. The van der Waals surface area contributed by atoms with Crippen molar-refractivity contribution in [2.45, 2.75) is 35.2 Å². The maximum atomic E-state index is 13.6. The second-order valence-electron chi connectivity index (χ2n) is 11.9. The topological polar surface area (TPSA) is 146 Å². The Kier molecular flexibility index (Phi) is 7.50. The molecule has 1 saturated heterocycles. The fraction of sp³-hybridized carbons (Fsp3) is 0.387. The van der Waals surface area contributed by atoms with E-state index in [-0.39, 0.29) is 52.7 Å². The van der Waals surface area contributed by atoms with E-state index in [0.717, 1.165) is 33.2 Å². The van der Waals surface area contributed by atoms with Crippen LogP contribution in [0.1, 0.15) is 34.8 Å². The van der Waals surface area contributed by atoms with E-state index < -0.39 is 53.7 Å². The number of rotatable bonds is 8. The summed E-state index contributed by atoms with van der Waals surface area (Å²) in [5, 5.41) is 12.0. The van der Waals surface area contributed by atoms with Crippen molar-refractivity contribution >= 4 is 52.5 Å². The lowest BCUT2D eigenvalue weighted by atomic mass is 9.68. The van der Waals surface area contributed by atoms with Gasteiger partial charge in [0.1, 0.15) is 5.75 Å². The summed E-state index contributed by atoms with van der Waals surface area (Å²) < 4.78 is 46.3. The summed E-state index contributed by atoms with van der Waals surface area (Å²) in [5.41, 5.74) is -0.725. The van der Waals surface area contributed by atoms with Crippen LogP contribution >= 0.6 is 23.1 Å². The van der Waals surface area contributed by atoms with E-state index in [1.54, 1.807) is 18.2 Å². The number of aromatic nitrogens is 1. The summed E-state index contributed by atoms with van der Waals surface area (Å²) in [4.78, 5) is 68.0. The Morgan fingerprint density at radius 3 is 2.46 bits per heavy atom. The Hall–Kier alpha value is -4.11. The number of H-pyrrole nitrogens is 1. The number of benzene rings is 2. The molecule has 3 N–H and O–H groups in total. The van der Waals surface area contributed by atoms with Gasteiger partial charge in [-0.05, 0) is 42.4 Å². The van der Waals surface area contributed by atoms with Crippen molar-refractivity contribution in [1.29, 1.82) is 0 Å². The number of carbonyl (C=O) groups excluding carboxylic acids is 3. The van der Waals surface area contributed by atoms with Gasteiger partial charge in [0.25, 0.3) is 5.91 Å². The number of aromatic amines is 1. The monoisotopic (exact) mass is 673 g/mol. The van der Waals surface area contributed by atoms with Crippen LogP contribution in [0.3, 0.4) is 0 Å². The van der Waals surface area contributed by atoms with E-state index in [9.17, 15) is 37.1 Å². The number of carboxylic acid groups (broad SMARTS) is 1. The van der Waals surface area contributed by atoms with Crippen molar-refractivity contribution in [2.75, 3.05) is 18.5 Å². The van der Waals surface area contributed by atoms with Crippen LogP contribution in [-0.4, -0.2) is 57.1 Å². The maximum Gasteiger partial charge on any atom is 0.418 e. The Balaban J connectivity index is 1.18. The quantitative estimate of drug-likeness (QED) is 0.298. The molecule has 3 aromatic rings. The molecular formula is C31H26F3N3O7S2. The van der Waals surface area contributed by atoms with Crippen LogP contribution in [0.5, 0.6) is 5.75 Å². The normalized spacial score (nSPS) is 27.7. The number of likely N-dealkylation sites (tertiary alicyclic amines) is 1. The van der Waals surface area contributed by atoms with Crippen LogP contribution in [0.2, 0.25) is 0 Å². The fourth-order valence-electron chi connectivity index (χ4n) is 7.89. The van der Waals surface area contributed by atoms with Gasteiger partial charge in [0.15, 0.2) is 6.61 Å². The number of fused-ring (bicyclic) bond motifs is 9. The third-order valence-electron chi connectivity index (χ3n) is 9.48. The molecule has 1 aromatic heterocycles. The number of imide groups is 1. The summed E-state index contributed by atoms with van der Waals surface area (Å²) in [6.45, 7) is -0.768. The van der Waals surface area contributed by atoms with Crippen molar-refractivity contribution in [3.05, 3.63) is 74.2 Å². The molecule has 3 fully saturated rings. The van der Waals surface area contributed by atoms with Gasteiger partial charge in [-0.15, -0.1) is 11.8 Å². The van der Waals surface area contributed by atoms with E-state index >= 15 is 0 Å². The van der Waals surface area contributed by atoms with Gasteiger partial charge < -0.3 is 20.1 Å². The highest BCUT2D eigenvalue weighted by atomic mass is 32.2. The van der Waals surface area contributed by atoms with Crippen LogP contribution in [-0.2, 0) is 25.4 Å². The van der Waals surface area contributed by atoms with Gasteiger partial charge in [-0.3, -0.25) is 28.9 Å². The number of hydrogen-bond acceptors (Lipinski definition) is 8. The van der Waals surface area contributed by atoms with Gasteiger partial charge in [0.05, 0.1) is 34.5 Å². The number of carboxylic acids is 1. The molecule has 2 saturated carbocycles. The number of anilines is 1. The highest BCUT2D eigenvalue weighted by molar-refractivity contribution is 8.00. The molecule has 3 amide bonds. The van der Waals surface area contributed by atoms with Gasteiger partial charge in [-0.1, -0.05) is 41.7 Å². The average molecular weight is 674 g/mol. The molecule has 7 rings (SSSR count). The largest absolute Gasteiger partial charge is 0.483 e. The molecule has 3 heterocycles. The first-order valence-corrected chi connectivity index (χ1v) is 16.3. The van der Waals surface area contributed by atoms with Gasteiger partial charge >= 0.3 is 17.0 Å². The molecule has 4 aliphatic rings. The second kappa shape index (κ2) is 11.3. The number of halogens is 3. The highest BCUT2D eigenvalue weighted by Gasteiger charge is 2.69. The van der Waals surface area contributed by atoms with Crippen molar-refractivity contribution in [3.63, 3.8) is 0 Å². The zero-order valence-electron chi connectivity index (χ0n) is 23.8. The third kappa shape index (κ3) is 5.00. The lowest BCUT2D eigenvalue weighted by Gasteiger charge is -2.43. The Morgan fingerprint density at radius 2 is 1.72 bits per heavy atom. The number of para-hydroxylation sites is 2. The standard InChI is InChI=1S/C31H26F3N3O7S2/c32-31(33,34)16-6-2-3-7-17(16)35-19(38)12-44-18-8-4-1-5-13(18)21-22-14-11-15(25(22)45-27-26(21)46-30(43)36-27)24-23(14)28(41)37(29(24)42)10-9-20(39)40/h1-8,14-15,21-25H,9-12H2,(H,35,38)(H,36,43)(H,39,40)/t14?,15?,21-,22?,23?,24?,25?/m1/s1. The Bertz CT molecular complexity index is 1820. The van der Waals surface area contributed by atoms with E-state index in [4.69, 9.17) is 9.84 Å². The average Bonchev–Trinajstić information content (AvgIpc) is 3.74. The molecule has 46 heavy (non-hydrogen) atoms. The predicted octanol–water partition coefficient (Wildman–Crippen LogP) is 4.42. The van der Waals surface area contributed by atoms with Crippen molar-refractivity contribution < 1.29 is 42.2 Å². The van der Waals surface area contributed by atoms with Crippen molar-refractivity contribution in [2.24, 2.45) is 29.6 Å². The van der Waals surface area contributed by atoms with Gasteiger partial charge in [-0.25, -0.2) is 0 Å². The lowest BCUT2D eigenvalue weighted by molar-refractivity contribution is -0.143. The van der Waals surface area contributed by atoms with Crippen LogP contribution in [0, 0.1) is 29.6 Å². The first kappa shape index (κ1) is 30.5. The second-order valence-corrected chi connectivity index (χ2v) is 14.1. The third-order valence-corrected chi connectivity index (χ3v) is 12.1.